The molecule has 0 fully saturated rings. The average molecular weight is 314 g/mol. The molecular formula is C11H14Cl2FNO2S. The Labute approximate surface area is 116 Å². The number of hydrogen-bond donors (Lipinski definition) is 1. The van der Waals surface area contributed by atoms with E-state index in [9.17, 15) is 12.8 Å². The molecule has 0 aliphatic heterocycles. The topological polar surface area (TPSA) is 46.2 Å². The molecule has 0 aliphatic rings. The molecular weight excluding hydrogens is 300 g/mol. The van der Waals surface area contributed by atoms with Gasteiger partial charge < -0.3 is 0 Å². The lowest BCUT2D eigenvalue weighted by molar-refractivity contribution is 0.568. The van der Waals surface area contributed by atoms with E-state index in [0.717, 1.165) is 0 Å². The van der Waals surface area contributed by atoms with Crippen LogP contribution in [0, 0.1) is 11.7 Å². The smallest absolute Gasteiger partial charge is 0.212 e. The molecule has 0 heterocycles. The van der Waals surface area contributed by atoms with E-state index in [-0.39, 0.29) is 29.1 Å². The lowest BCUT2D eigenvalue weighted by Gasteiger charge is -2.10. The highest BCUT2D eigenvalue weighted by Gasteiger charge is 2.14. The van der Waals surface area contributed by atoms with Crippen molar-refractivity contribution in [3.8, 4) is 0 Å². The van der Waals surface area contributed by atoms with Crippen LogP contribution in [0.1, 0.15) is 12.5 Å². The van der Waals surface area contributed by atoms with E-state index in [1.165, 1.54) is 18.2 Å². The van der Waals surface area contributed by atoms with Gasteiger partial charge in [-0.2, -0.15) is 0 Å². The van der Waals surface area contributed by atoms with Gasteiger partial charge in [-0.1, -0.05) is 24.6 Å². The van der Waals surface area contributed by atoms with Gasteiger partial charge in [-0.25, -0.2) is 17.5 Å². The molecule has 0 aliphatic carbocycles. The van der Waals surface area contributed by atoms with Crippen molar-refractivity contribution in [2.45, 2.75) is 13.5 Å². The van der Waals surface area contributed by atoms with Gasteiger partial charge in [0.2, 0.25) is 10.0 Å². The zero-order valence-electron chi connectivity index (χ0n) is 9.79. The fraction of sp³-hybridized carbons (Fsp3) is 0.455. The van der Waals surface area contributed by atoms with E-state index in [1.807, 2.05) is 0 Å². The molecule has 102 valence electrons. The minimum Gasteiger partial charge on any atom is -0.212 e. The Balaban J connectivity index is 2.61. The van der Waals surface area contributed by atoms with E-state index < -0.39 is 15.8 Å². The fourth-order valence-corrected chi connectivity index (χ4v) is 3.13. The number of alkyl halides is 1. The average Bonchev–Trinajstić information content (AvgIpc) is 2.30. The minimum absolute atomic E-state index is 0.0270. The van der Waals surface area contributed by atoms with Crippen molar-refractivity contribution in [3.05, 3.63) is 34.6 Å². The van der Waals surface area contributed by atoms with Gasteiger partial charge in [-0.3, -0.25) is 0 Å². The van der Waals surface area contributed by atoms with Gasteiger partial charge in [-0.15, -0.1) is 11.6 Å². The second-order valence-corrected chi connectivity index (χ2v) is 6.68. The Morgan fingerprint density at radius 1 is 1.44 bits per heavy atom. The third kappa shape index (κ3) is 5.10. The molecule has 0 spiro atoms. The summed E-state index contributed by atoms with van der Waals surface area (Å²) in [5.41, 5.74) is 0.600. The van der Waals surface area contributed by atoms with E-state index in [0.29, 0.717) is 5.56 Å². The highest BCUT2D eigenvalue weighted by Crippen LogP contribution is 2.16. The minimum atomic E-state index is -3.39. The van der Waals surface area contributed by atoms with E-state index in [4.69, 9.17) is 23.2 Å². The molecule has 1 unspecified atom stereocenters. The Morgan fingerprint density at radius 2 is 2.11 bits per heavy atom. The van der Waals surface area contributed by atoms with Crippen LogP contribution in [0.4, 0.5) is 4.39 Å². The highest BCUT2D eigenvalue weighted by molar-refractivity contribution is 7.89. The van der Waals surface area contributed by atoms with E-state index in [2.05, 4.69) is 4.72 Å². The summed E-state index contributed by atoms with van der Waals surface area (Å²) in [6.45, 7) is 1.83. The summed E-state index contributed by atoms with van der Waals surface area (Å²) in [7, 11) is -3.39. The van der Waals surface area contributed by atoms with Gasteiger partial charge in [0.25, 0.3) is 0 Å². The van der Waals surface area contributed by atoms with Gasteiger partial charge in [0.15, 0.2) is 0 Å². The van der Waals surface area contributed by atoms with Crippen LogP contribution in [-0.4, -0.2) is 20.1 Å². The molecule has 0 saturated heterocycles. The summed E-state index contributed by atoms with van der Waals surface area (Å²) in [5, 5.41) is -0.0270. The summed E-state index contributed by atoms with van der Waals surface area (Å²) in [4.78, 5) is 0. The second-order valence-electron chi connectivity index (χ2n) is 4.11. The van der Waals surface area contributed by atoms with Crippen molar-refractivity contribution in [3.63, 3.8) is 0 Å². The lowest BCUT2D eigenvalue weighted by atomic mass is 10.2. The first kappa shape index (κ1) is 15.7. The molecule has 1 atom stereocenters. The van der Waals surface area contributed by atoms with Crippen molar-refractivity contribution >= 4 is 33.2 Å². The van der Waals surface area contributed by atoms with E-state index in [1.54, 1.807) is 6.92 Å². The van der Waals surface area contributed by atoms with Crippen molar-refractivity contribution < 1.29 is 12.8 Å². The Morgan fingerprint density at radius 3 is 2.67 bits per heavy atom. The molecule has 0 radical (unpaired) electrons. The van der Waals surface area contributed by atoms with Crippen LogP contribution in [0.3, 0.4) is 0 Å². The number of rotatable bonds is 6. The maximum absolute atomic E-state index is 12.9. The highest BCUT2D eigenvalue weighted by atomic mass is 35.5. The van der Waals surface area contributed by atoms with Crippen molar-refractivity contribution in [1.29, 1.82) is 0 Å². The Kier molecular flexibility index (Phi) is 5.85. The zero-order chi connectivity index (χ0) is 13.8. The van der Waals surface area contributed by atoms with Gasteiger partial charge in [0.05, 0.1) is 10.8 Å². The number of halogens is 3. The predicted octanol–water partition coefficient (Wildman–Crippen LogP) is 2.77. The number of benzene rings is 1. The van der Waals surface area contributed by atoms with E-state index >= 15 is 0 Å². The van der Waals surface area contributed by atoms with Crippen LogP contribution in [-0.2, 0) is 16.6 Å². The van der Waals surface area contributed by atoms with Crippen molar-refractivity contribution in [1.82, 2.24) is 4.72 Å². The zero-order valence-corrected chi connectivity index (χ0v) is 12.1. The van der Waals surface area contributed by atoms with Crippen molar-refractivity contribution in [2.24, 2.45) is 5.92 Å². The van der Waals surface area contributed by atoms with Gasteiger partial charge >= 0.3 is 0 Å². The summed E-state index contributed by atoms with van der Waals surface area (Å²) in [5.74, 6) is -0.408. The van der Waals surface area contributed by atoms with Gasteiger partial charge in [-0.05, 0) is 23.6 Å². The first-order valence-corrected chi connectivity index (χ1v) is 7.88. The normalized spacial score (nSPS) is 13.6. The standard InChI is InChI=1S/C11H14Cl2FNO2S/c1-8(5-12)7-18(16,17)15-6-9-2-3-11(14)10(13)4-9/h2-4,8,15H,5-7H2,1H3. The first-order chi connectivity index (χ1) is 8.34. The fourth-order valence-electron chi connectivity index (χ4n) is 1.32. The van der Waals surface area contributed by atoms with Crippen LogP contribution in [0.25, 0.3) is 0 Å². The summed E-state index contributed by atoms with van der Waals surface area (Å²) >= 11 is 11.2. The van der Waals surface area contributed by atoms with Crippen LogP contribution >= 0.6 is 23.2 Å². The SMILES string of the molecule is CC(CCl)CS(=O)(=O)NCc1ccc(F)c(Cl)c1. The van der Waals surface area contributed by atoms with Crippen LogP contribution in [0.2, 0.25) is 5.02 Å². The molecule has 0 aromatic heterocycles. The summed E-state index contributed by atoms with van der Waals surface area (Å²) in [6, 6.07) is 4.08. The molecule has 1 rings (SSSR count). The molecule has 3 nitrogen and oxygen atoms in total. The Bertz CT molecular complexity index is 508. The molecule has 1 aromatic carbocycles. The maximum atomic E-state index is 12.9. The third-order valence-corrected chi connectivity index (χ3v) is 4.66. The van der Waals surface area contributed by atoms with Gasteiger partial charge in [0.1, 0.15) is 5.82 Å². The molecule has 0 amide bonds. The molecule has 0 saturated carbocycles. The largest absolute Gasteiger partial charge is 0.212 e. The molecule has 0 bridgehead atoms. The number of nitrogens with one attached hydrogen (secondary N) is 1. The molecule has 18 heavy (non-hydrogen) atoms. The molecule has 1 aromatic rings. The van der Waals surface area contributed by atoms with Crippen molar-refractivity contribution in [2.75, 3.05) is 11.6 Å². The molecule has 7 heteroatoms. The monoisotopic (exact) mass is 313 g/mol. The maximum Gasteiger partial charge on any atom is 0.212 e. The molecule has 1 N–H and O–H groups in total. The number of hydrogen-bond acceptors (Lipinski definition) is 2. The quantitative estimate of drug-likeness (QED) is 0.821. The summed E-state index contributed by atoms with van der Waals surface area (Å²) < 4.78 is 38.6. The predicted molar refractivity (Wildman–Crippen MR) is 71.9 cm³/mol. The second kappa shape index (κ2) is 6.70. The first-order valence-electron chi connectivity index (χ1n) is 5.31. The third-order valence-electron chi connectivity index (χ3n) is 2.25. The summed E-state index contributed by atoms with van der Waals surface area (Å²) in [6.07, 6.45) is 0. The van der Waals surface area contributed by atoms with Crippen LogP contribution in [0.5, 0.6) is 0 Å². The number of sulfonamides is 1. The van der Waals surface area contributed by atoms with Gasteiger partial charge in [0, 0.05) is 12.4 Å². The Hall–Kier alpha value is -0.360. The lowest BCUT2D eigenvalue weighted by Crippen LogP contribution is -2.29. The van der Waals surface area contributed by atoms with Crippen LogP contribution in [0.15, 0.2) is 18.2 Å². The van der Waals surface area contributed by atoms with Crippen LogP contribution < -0.4 is 4.72 Å².